The number of hydrogen-bond donors (Lipinski definition) is 1. The van der Waals surface area contributed by atoms with Gasteiger partial charge in [0.2, 0.25) is 5.91 Å². The van der Waals surface area contributed by atoms with Crippen LogP contribution in [0.25, 0.3) is 0 Å². The normalized spacial score (nSPS) is 17.1. The molecule has 1 aromatic carbocycles. The quantitative estimate of drug-likeness (QED) is 0.899. The van der Waals surface area contributed by atoms with Gasteiger partial charge in [-0.1, -0.05) is 23.7 Å². The van der Waals surface area contributed by atoms with Gasteiger partial charge in [0.25, 0.3) is 0 Å². The number of piperazine rings is 1. The Kier molecular flexibility index (Phi) is 5.23. The van der Waals surface area contributed by atoms with E-state index in [1.165, 1.54) is 0 Å². The summed E-state index contributed by atoms with van der Waals surface area (Å²) in [6, 6.07) is 7.18. The van der Waals surface area contributed by atoms with Crippen molar-refractivity contribution in [3.8, 4) is 0 Å². The largest absolute Gasteiger partial charge is 0.383 e. The highest BCUT2D eigenvalue weighted by molar-refractivity contribution is 6.33. The van der Waals surface area contributed by atoms with E-state index in [0.29, 0.717) is 13.1 Å². The monoisotopic (exact) mass is 297 g/mol. The molecule has 1 atom stereocenters. The molecule has 1 fully saturated rings. The molecule has 0 radical (unpaired) electrons. The second-order valence-corrected chi connectivity index (χ2v) is 5.23. The molecule has 0 aromatic heterocycles. The maximum Gasteiger partial charge on any atom is 0.241 e. The molecule has 1 unspecified atom stereocenters. The van der Waals surface area contributed by atoms with Gasteiger partial charge in [-0.05, 0) is 12.1 Å². The third kappa shape index (κ3) is 3.42. The Morgan fingerprint density at radius 3 is 2.60 bits per heavy atom. The van der Waals surface area contributed by atoms with Crippen molar-refractivity contribution < 1.29 is 9.53 Å². The molecule has 0 saturated carbocycles. The summed E-state index contributed by atoms with van der Waals surface area (Å²) in [4.78, 5) is 16.1. The lowest BCUT2D eigenvalue weighted by molar-refractivity contribution is -0.134. The van der Waals surface area contributed by atoms with Crippen LogP contribution in [0.3, 0.4) is 0 Å². The summed E-state index contributed by atoms with van der Waals surface area (Å²) in [5.41, 5.74) is 6.79. The van der Waals surface area contributed by atoms with Crippen LogP contribution in [0, 0.1) is 0 Å². The first kappa shape index (κ1) is 15.1. The van der Waals surface area contributed by atoms with Crippen LogP contribution in [0.2, 0.25) is 5.02 Å². The molecule has 1 aliphatic rings. The van der Waals surface area contributed by atoms with Crippen LogP contribution < -0.4 is 10.6 Å². The highest BCUT2D eigenvalue weighted by Gasteiger charge is 2.25. The first-order valence-electron chi connectivity index (χ1n) is 6.66. The third-order valence-corrected chi connectivity index (χ3v) is 3.77. The van der Waals surface area contributed by atoms with Crippen LogP contribution in [-0.4, -0.2) is 56.7 Å². The van der Waals surface area contributed by atoms with Crippen LogP contribution in [-0.2, 0) is 9.53 Å². The maximum absolute atomic E-state index is 12.1. The van der Waals surface area contributed by atoms with Crippen molar-refractivity contribution >= 4 is 23.2 Å². The second-order valence-electron chi connectivity index (χ2n) is 4.83. The Morgan fingerprint density at radius 1 is 1.35 bits per heavy atom. The summed E-state index contributed by atoms with van der Waals surface area (Å²) in [6.45, 7) is 3.08. The summed E-state index contributed by atoms with van der Waals surface area (Å²) in [5.74, 6) is -0.0503. The molecule has 2 rings (SSSR count). The van der Waals surface area contributed by atoms with Crippen LogP contribution in [0.5, 0.6) is 0 Å². The van der Waals surface area contributed by atoms with E-state index in [4.69, 9.17) is 22.1 Å². The lowest BCUT2D eigenvalue weighted by Crippen LogP contribution is -2.54. The topological polar surface area (TPSA) is 58.8 Å². The van der Waals surface area contributed by atoms with E-state index in [1.54, 1.807) is 12.0 Å². The number of carbonyl (C=O) groups is 1. The molecule has 110 valence electrons. The molecule has 1 amide bonds. The molecule has 6 heteroatoms. The summed E-state index contributed by atoms with van der Waals surface area (Å²) >= 11 is 6.19. The number of hydrogen-bond acceptors (Lipinski definition) is 4. The minimum Gasteiger partial charge on any atom is -0.383 e. The van der Waals surface area contributed by atoms with Crippen LogP contribution in [0.1, 0.15) is 0 Å². The minimum absolute atomic E-state index is 0.0503. The maximum atomic E-state index is 12.1. The molecule has 1 saturated heterocycles. The van der Waals surface area contributed by atoms with Gasteiger partial charge in [-0.2, -0.15) is 0 Å². The minimum atomic E-state index is -0.577. The first-order valence-corrected chi connectivity index (χ1v) is 7.04. The van der Waals surface area contributed by atoms with Gasteiger partial charge in [-0.3, -0.25) is 4.79 Å². The number of rotatable bonds is 4. The number of carbonyl (C=O) groups excluding carboxylic acids is 1. The predicted molar refractivity (Wildman–Crippen MR) is 80.1 cm³/mol. The number of methoxy groups -OCH3 is 1. The fraction of sp³-hybridized carbons (Fsp3) is 0.500. The molecule has 0 spiro atoms. The predicted octanol–water partition coefficient (Wildman–Crippen LogP) is 0.962. The molecule has 0 bridgehead atoms. The molecule has 1 aliphatic heterocycles. The number of benzene rings is 1. The standard InChI is InChI=1S/C14H20ClN3O2/c1-20-10-12(16)14(19)18-8-6-17(7-9-18)13-5-3-2-4-11(13)15/h2-5,12H,6-10,16H2,1H3. The fourth-order valence-electron chi connectivity index (χ4n) is 2.36. The summed E-state index contributed by atoms with van der Waals surface area (Å²) in [5, 5.41) is 0.739. The number of amides is 1. The van der Waals surface area contributed by atoms with Gasteiger partial charge in [-0.15, -0.1) is 0 Å². The molecular formula is C14H20ClN3O2. The molecule has 1 heterocycles. The van der Waals surface area contributed by atoms with Crippen LogP contribution in [0.4, 0.5) is 5.69 Å². The highest BCUT2D eigenvalue weighted by atomic mass is 35.5. The van der Waals surface area contributed by atoms with Crippen molar-refractivity contribution in [3.63, 3.8) is 0 Å². The molecule has 5 nitrogen and oxygen atoms in total. The Morgan fingerprint density at radius 2 is 2.00 bits per heavy atom. The zero-order chi connectivity index (χ0) is 14.5. The van der Waals surface area contributed by atoms with Crippen molar-refractivity contribution in [1.29, 1.82) is 0 Å². The number of nitrogens with two attached hydrogens (primary N) is 1. The van der Waals surface area contributed by atoms with E-state index in [-0.39, 0.29) is 12.5 Å². The van der Waals surface area contributed by atoms with Crippen LogP contribution in [0.15, 0.2) is 24.3 Å². The average Bonchev–Trinajstić information content (AvgIpc) is 2.47. The summed E-state index contributed by atoms with van der Waals surface area (Å²) in [6.07, 6.45) is 0. The van der Waals surface area contributed by atoms with Gasteiger partial charge in [-0.25, -0.2) is 0 Å². The smallest absolute Gasteiger partial charge is 0.241 e. The SMILES string of the molecule is COCC(N)C(=O)N1CCN(c2ccccc2Cl)CC1. The molecule has 2 N–H and O–H groups in total. The molecule has 20 heavy (non-hydrogen) atoms. The highest BCUT2D eigenvalue weighted by Crippen LogP contribution is 2.26. The number of ether oxygens (including phenoxy) is 1. The van der Waals surface area contributed by atoms with E-state index in [2.05, 4.69) is 4.90 Å². The van der Waals surface area contributed by atoms with Gasteiger partial charge in [0.05, 0.1) is 17.3 Å². The second kappa shape index (κ2) is 6.92. The summed E-state index contributed by atoms with van der Waals surface area (Å²) < 4.78 is 4.92. The van der Waals surface area contributed by atoms with Gasteiger partial charge < -0.3 is 20.3 Å². The van der Waals surface area contributed by atoms with E-state index >= 15 is 0 Å². The summed E-state index contributed by atoms with van der Waals surface area (Å²) in [7, 11) is 1.54. The van der Waals surface area contributed by atoms with Crippen LogP contribution >= 0.6 is 11.6 Å². The van der Waals surface area contributed by atoms with Crippen molar-refractivity contribution in [2.24, 2.45) is 5.73 Å². The third-order valence-electron chi connectivity index (χ3n) is 3.45. The van der Waals surface area contributed by atoms with Crippen molar-refractivity contribution in [2.75, 3.05) is 44.8 Å². The molecule has 0 aliphatic carbocycles. The van der Waals surface area contributed by atoms with E-state index in [9.17, 15) is 4.79 Å². The van der Waals surface area contributed by atoms with Crippen molar-refractivity contribution in [1.82, 2.24) is 4.90 Å². The Balaban J connectivity index is 1.93. The zero-order valence-corrected chi connectivity index (χ0v) is 12.3. The Bertz CT molecular complexity index is 461. The first-order chi connectivity index (χ1) is 9.63. The Labute approximate surface area is 124 Å². The van der Waals surface area contributed by atoms with E-state index < -0.39 is 6.04 Å². The van der Waals surface area contributed by atoms with E-state index in [0.717, 1.165) is 23.8 Å². The van der Waals surface area contributed by atoms with Gasteiger partial charge in [0, 0.05) is 33.3 Å². The number of halogens is 1. The lowest BCUT2D eigenvalue weighted by Gasteiger charge is -2.37. The molecular weight excluding hydrogens is 278 g/mol. The number of nitrogens with zero attached hydrogens (tertiary/aromatic N) is 2. The molecule has 1 aromatic rings. The Hall–Kier alpha value is -1.30. The average molecular weight is 298 g/mol. The lowest BCUT2D eigenvalue weighted by atomic mass is 10.2. The van der Waals surface area contributed by atoms with Crippen molar-refractivity contribution in [3.05, 3.63) is 29.3 Å². The van der Waals surface area contributed by atoms with Gasteiger partial charge in [0.1, 0.15) is 6.04 Å². The number of anilines is 1. The van der Waals surface area contributed by atoms with Gasteiger partial charge >= 0.3 is 0 Å². The van der Waals surface area contributed by atoms with Crippen molar-refractivity contribution in [2.45, 2.75) is 6.04 Å². The number of para-hydroxylation sites is 1. The fourth-order valence-corrected chi connectivity index (χ4v) is 2.62. The van der Waals surface area contributed by atoms with E-state index in [1.807, 2.05) is 24.3 Å². The van der Waals surface area contributed by atoms with Gasteiger partial charge in [0.15, 0.2) is 0 Å². The zero-order valence-electron chi connectivity index (χ0n) is 11.6.